The predicted molar refractivity (Wildman–Crippen MR) is 65.7 cm³/mol. The van der Waals surface area contributed by atoms with E-state index in [1.165, 1.54) is 4.68 Å². The van der Waals surface area contributed by atoms with Crippen molar-refractivity contribution in [2.45, 2.75) is 39.7 Å². The fourth-order valence-electron chi connectivity index (χ4n) is 1.84. The van der Waals surface area contributed by atoms with E-state index < -0.39 is 10.9 Å². The standard InChI is InChI=1S/C10H17N5O4/c1-3-7-10(15(17)18)8(4-2)14(12-7)6-5-9(16)19-13-11/h13H,3-6,11H2,1-2H3. The molecule has 0 saturated heterocycles. The summed E-state index contributed by atoms with van der Waals surface area (Å²) in [7, 11) is 0. The zero-order valence-corrected chi connectivity index (χ0v) is 10.9. The number of nitro groups is 1. The molecule has 9 heteroatoms. The van der Waals surface area contributed by atoms with E-state index in [9.17, 15) is 14.9 Å². The van der Waals surface area contributed by atoms with E-state index in [0.29, 0.717) is 24.2 Å². The Kier molecular flexibility index (Phi) is 5.39. The molecular formula is C10H17N5O4. The molecule has 106 valence electrons. The van der Waals surface area contributed by atoms with Gasteiger partial charge in [0.1, 0.15) is 11.4 Å². The highest BCUT2D eigenvalue weighted by atomic mass is 16.7. The fourth-order valence-corrected chi connectivity index (χ4v) is 1.84. The van der Waals surface area contributed by atoms with Gasteiger partial charge in [-0.2, -0.15) is 5.10 Å². The second-order valence-electron chi connectivity index (χ2n) is 3.77. The molecule has 1 heterocycles. The van der Waals surface area contributed by atoms with Crippen LogP contribution in [0.5, 0.6) is 0 Å². The van der Waals surface area contributed by atoms with Crippen LogP contribution >= 0.6 is 0 Å². The van der Waals surface area contributed by atoms with Crippen LogP contribution in [0.25, 0.3) is 0 Å². The first kappa shape index (κ1) is 15.1. The molecule has 0 atom stereocenters. The number of hydrazine groups is 1. The molecule has 0 spiro atoms. The summed E-state index contributed by atoms with van der Waals surface area (Å²) < 4.78 is 1.48. The molecule has 9 nitrogen and oxygen atoms in total. The Hall–Kier alpha value is -2.00. The lowest BCUT2D eigenvalue weighted by Gasteiger charge is -2.04. The summed E-state index contributed by atoms with van der Waals surface area (Å²) in [6.07, 6.45) is 0.956. The van der Waals surface area contributed by atoms with Crippen LogP contribution in [0.4, 0.5) is 5.69 Å². The first-order chi connectivity index (χ1) is 9.04. The van der Waals surface area contributed by atoms with Crippen molar-refractivity contribution < 1.29 is 14.6 Å². The van der Waals surface area contributed by atoms with Crippen LogP contribution in [0.15, 0.2) is 0 Å². The van der Waals surface area contributed by atoms with Crippen LogP contribution in [0.2, 0.25) is 0 Å². The number of nitrogens with two attached hydrogens (primary N) is 1. The summed E-state index contributed by atoms with van der Waals surface area (Å²) in [6.45, 7) is 3.82. The summed E-state index contributed by atoms with van der Waals surface area (Å²) >= 11 is 0. The molecule has 1 aromatic rings. The topological polar surface area (TPSA) is 125 Å². The van der Waals surface area contributed by atoms with Gasteiger partial charge in [0.15, 0.2) is 0 Å². The first-order valence-corrected chi connectivity index (χ1v) is 5.93. The second kappa shape index (κ2) is 6.81. The summed E-state index contributed by atoms with van der Waals surface area (Å²) in [5.41, 5.74) is 2.76. The lowest BCUT2D eigenvalue weighted by atomic mass is 10.2. The average molecular weight is 271 g/mol. The monoisotopic (exact) mass is 271 g/mol. The van der Waals surface area contributed by atoms with Crippen molar-refractivity contribution in [3.05, 3.63) is 21.5 Å². The summed E-state index contributed by atoms with van der Waals surface area (Å²) in [5.74, 6) is 4.28. The fraction of sp³-hybridized carbons (Fsp3) is 0.600. The van der Waals surface area contributed by atoms with E-state index in [1.807, 2.05) is 0 Å². The Morgan fingerprint density at radius 1 is 1.53 bits per heavy atom. The second-order valence-corrected chi connectivity index (χ2v) is 3.77. The summed E-state index contributed by atoms with van der Waals surface area (Å²) in [4.78, 5) is 26.2. The Labute approximate surface area is 109 Å². The van der Waals surface area contributed by atoms with Gasteiger partial charge in [0, 0.05) is 0 Å². The highest BCUT2D eigenvalue weighted by Crippen LogP contribution is 2.24. The zero-order chi connectivity index (χ0) is 14.4. The minimum absolute atomic E-state index is 0.0270. The molecule has 0 saturated carbocycles. The van der Waals surface area contributed by atoms with E-state index in [2.05, 4.69) is 9.94 Å². The number of hydrogen-bond acceptors (Lipinski definition) is 7. The number of rotatable bonds is 7. The predicted octanol–water partition coefficient (Wildman–Crippen LogP) is 0.228. The third-order valence-corrected chi connectivity index (χ3v) is 2.65. The molecule has 0 radical (unpaired) electrons. The van der Waals surface area contributed by atoms with E-state index >= 15 is 0 Å². The number of nitrogens with zero attached hydrogens (tertiary/aromatic N) is 3. The molecule has 0 aromatic carbocycles. The quantitative estimate of drug-likeness (QED) is 0.413. The third kappa shape index (κ3) is 3.48. The Morgan fingerprint density at radius 3 is 2.68 bits per heavy atom. The Morgan fingerprint density at radius 2 is 2.21 bits per heavy atom. The van der Waals surface area contributed by atoms with Gasteiger partial charge in [-0.05, 0) is 12.8 Å². The van der Waals surface area contributed by atoms with Crippen LogP contribution in [0.1, 0.15) is 31.7 Å². The average Bonchev–Trinajstić information content (AvgIpc) is 2.74. The Balaban J connectivity index is 2.95. The van der Waals surface area contributed by atoms with Crippen LogP contribution in [-0.4, -0.2) is 20.7 Å². The molecule has 0 aliphatic rings. The number of nitrogens with one attached hydrogen (secondary N) is 1. The van der Waals surface area contributed by atoms with Gasteiger partial charge in [-0.25, -0.2) is 5.84 Å². The molecule has 19 heavy (non-hydrogen) atoms. The van der Waals surface area contributed by atoms with Crippen molar-refractivity contribution in [1.82, 2.24) is 15.4 Å². The minimum atomic E-state index is -0.555. The maximum atomic E-state index is 11.2. The van der Waals surface area contributed by atoms with Crippen LogP contribution < -0.4 is 11.4 Å². The largest absolute Gasteiger partial charge is 0.356 e. The highest BCUT2D eigenvalue weighted by Gasteiger charge is 2.25. The van der Waals surface area contributed by atoms with Crippen molar-refractivity contribution in [3.63, 3.8) is 0 Å². The lowest BCUT2D eigenvalue weighted by molar-refractivity contribution is -0.386. The van der Waals surface area contributed by atoms with Gasteiger partial charge in [-0.15, -0.1) is 0 Å². The molecule has 0 bridgehead atoms. The third-order valence-electron chi connectivity index (χ3n) is 2.65. The maximum absolute atomic E-state index is 11.2. The van der Waals surface area contributed by atoms with Gasteiger partial charge < -0.3 is 4.84 Å². The van der Waals surface area contributed by atoms with Gasteiger partial charge >= 0.3 is 11.7 Å². The Bertz CT molecular complexity index is 471. The molecule has 0 amide bonds. The van der Waals surface area contributed by atoms with Crippen LogP contribution in [0.3, 0.4) is 0 Å². The van der Waals surface area contributed by atoms with Crippen LogP contribution in [0, 0.1) is 10.1 Å². The summed E-state index contributed by atoms with van der Waals surface area (Å²) in [5, 5.41) is 15.2. The van der Waals surface area contributed by atoms with Crippen molar-refractivity contribution >= 4 is 11.7 Å². The number of hydrogen-bond donors (Lipinski definition) is 2. The van der Waals surface area contributed by atoms with E-state index in [1.54, 1.807) is 19.4 Å². The molecule has 1 aromatic heterocycles. The number of carbonyl (C=O) groups excluding carboxylic acids is 1. The zero-order valence-electron chi connectivity index (χ0n) is 10.9. The summed E-state index contributed by atoms with van der Waals surface area (Å²) in [6, 6.07) is 0. The van der Waals surface area contributed by atoms with Gasteiger partial charge in [0.25, 0.3) is 0 Å². The van der Waals surface area contributed by atoms with E-state index in [0.717, 1.165) is 0 Å². The van der Waals surface area contributed by atoms with Crippen LogP contribution in [-0.2, 0) is 29.0 Å². The molecular weight excluding hydrogens is 254 g/mol. The lowest BCUT2D eigenvalue weighted by Crippen LogP contribution is -2.26. The minimum Gasteiger partial charge on any atom is -0.356 e. The van der Waals surface area contributed by atoms with Crippen molar-refractivity contribution in [2.75, 3.05) is 0 Å². The number of aryl methyl sites for hydroxylation is 2. The first-order valence-electron chi connectivity index (χ1n) is 5.93. The van der Waals surface area contributed by atoms with Crippen molar-refractivity contribution in [2.24, 2.45) is 5.84 Å². The SMILES string of the molecule is CCc1nn(CCC(=O)ONN)c(CC)c1[N+](=O)[O-]. The van der Waals surface area contributed by atoms with Gasteiger partial charge in [-0.1, -0.05) is 19.4 Å². The molecule has 0 unspecified atom stereocenters. The smallest absolute Gasteiger partial charge is 0.328 e. The molecule has 0 aliphatic carbocycles. The van der Waals surface area contributed by atoms with Gasteiger partial charge in [0.05, 0.1) is 17.9 Å². The number of aromatic nitrogens is 2. The molecule has 1 rings (SSSR count). The van der Waals surface area contributed by atoms with Crippen molar-refractivity contribution in [1.29, 1.82) is 0 Å². The van der Waals surface area contributed by atoms with Crippen molar-refractivity contribution in [3.8, 4) is 0 Å². The molecule has 0 aliphatic heterocycles. The van der Waals surface area contributed by atoms with E-state index in [-0.39, 0.29) is 18.7 Å². The highest BCUT2D eigenvalue weighted by molar-refractivity contribution is 5.68. The van der Waals surface area contributed by atoms with Gasteiger partial charge in [0.2, 0.25) is 0 Å². The number of carbonyl (C=O) groups is 1. The normalized spacial score (nSPS) is 10.5. The molecule has 0 fully saturated rings. The van der Waals surface area contributed by atoms with E-state index in [4.69, 9.17) is 5.84 Å². The molecule has 3 N–H and O–H groups in total. The van der Waals surface area contributed by atoms with Gasteiger partial charge in [-0.3, -0.25) is 19.6 Å². The maximum Gasteiger partial charge on any atom is 0.328 e.